The monoisotopic (exact) mass is 449 g/mol. The van der Waals surface area contributed by atoms with Crippen LogP contribution in [0.2, 0.25) is 5.02 Å². The predicted octanol–water partition coefficient (Wildman–Crippen LogP) is 3.65. The molecule has 1 N–H and O–H groups in total. The normalized spacial score (nSPS) is 12.6. The van der Waals surface area contributed by atoms with Crippen LogP contribution in [-0.2, 0) is 26.2 Å². The van der Waals surface area contributed by atoms with E-state index in [-0.39, 0.29) is 17.1 Å². The fourth-order valence-electron chi connectivity index (χ4n) is 1.88. The lowest BCUT2D eigenvalue weighted by atomic mass is 10.2. The van der Waals surface area contributed by atoms with Crippen LogP contribution in [-0.4, -0.2) is 20.4 Å². The molecule has 0 aliphatic carbocycles. The molecule has 5 nitrogen and oxygen atoms in total. The molecule has 2 aromatic rings. The van der Waals surface area contributed by atoms with Crippen LogP contribution in [0.15, 0.2) is 51.8 Å². The largest absolute Gasteiger partial charge is 0.460 e. The van der Waals surface area contributed by atoms with E-state index in [1.54, 1.807) is 6.07 Å². The highest BCUT2D eigenvalue weighted by molar-refractivity contribution is 9.10. The van der Waals surface area contributed by atoms with E-state index in [1.165, 1.54) is 43.3 Å². The summed E-state index contributed by atoms with van der Waals surface area (Å²) in [5.74, 6) is -1.35. The Labute approximate surface area is 158 Å². The van der Waals surface area contributed by atoms with Crippen LogP contribution in [0.4, 0.5) is 4.39 Å². The van der Waals surface area contributed by atoms with Crippen molar-refractivity contribution in [3.05, 3.63) is 63.3 Å². The zero-order valence-electron chi connectivity index (χ0n) is 13.0. The molecule has 0 bridgehead atoms. The van der Waals surface area contributed by atoms with E-state index < -0.39 is 27.9 Å². The molecular weight excluding hydrogens is 437 g/mol. The Balaban J connectivity index is 1.98. The van der Waals surface area contributed by atoms with Gasteiger partial charge in [-0.15, -0.1) is 0 Å². The quantitative estimate of drug-likeness (QED) is 0.682. The third-order valence-corrected chi connectivity index (χ3v) is 5.50. The molecule has 9 heteroatoms. The van der Waals surface area contributed by atoms with E-state index in [4.69, 9.17) is 16.3 Å². The van der Waals surface area contributed by atoms with E-state index in [1.807, 2.05) is 0 Å². The van der Waals surface area contributed by atoms with Gasteiger partial charge in [0.25, 0.3) is 0 Å². The van der Waals surface area contributed by atoms with Crippen molar-refractivity contribution in [2.24, 2.45) is 0 Å². The Hall–Kier alpha value is -1.48. The van der Waals surface area contributed by atoms with Crippen molar-refractivity contribution in [1.82, 2.24) is 4.72 Å². The van der Waals surface area contributed by atoms with E-state index in [9.17, 15) is 17.6 Å². The lowest BCUT2D eigenvalue weighted by Crippen LogP contribution is -2.39. The first kappa shape index (κ1) is 19.8. The number of halogens is 3. The number of hydrogen-bond acceptors (Lipinski definition) is 4. The Morgan fingerprint density at radius 2 is 1.92 bits per heavy atom. The molecule has 0 aliphatic rings. The first-order chi connectivity index (χ1) is 11.7. The molecule has 2 rings (SSSR count). The van der Waals surface area contributed by atoms with Crippen molar-refractivity contribution in [2.75, 3.05) is 0 Å². The van der Waals surface area contributed by atoms with Crippen molar-refractivity contribution >= 4 is 43.5 Å². The van der Waals surface area contributed by atoms with Crippen molar-refractivity contribution in [3.8, 4) is 0 Å². The maximum Gasteiger partial charge on any atom is 0.324 e. The first-order valence-electron chi connectivity index (χ1n) is 7.07. The van der Waals surface area contributed by atoms with Crippen LogP contribution in [0.1, 0.15) is 12.5 Å². The van der Waals surface area contributed by atoms with Crippen LogP contribution in [0.5, 0.6) is 0 Å². The van der Waals surface area contributed by atoms with E-state index >= 15 is 0 Å². The molecule has 0 aromatic heterocycles. The second kappa shape index (κ2) is 8.27. The summed E-state index contributed by atoms with van der Waals surface area (Å²) in [6.45, 7) is 1.04. The van der Waals surface area contributed by atoms with Gasteiger partial charge < -0.3 is 4.74 Å². The number of benzene rings is 2. The maximum absolute atomic E-state index is 13.7. The molecular formula is C16H14BrClFNO4S. The number of ether oxygens (including phenoxy) is 1. The average Bonchev–Trinajstić information content (AvgIpc) is 2.53. The minimum absolute atomic E-state index is 0.0319. The summed E-state index contributed by atoms with van der Waals surface area (Å²) in [4.78, 5) is 11.9. The topological polar surface area (TPSA) is 72.5 Å². The zero-order valence-corrected chi connectivity index (χ0v) is 16.2. The van der Waals surface area contributed by atoms with Crippen LogP contribution in [0, 0.1) is 5.82 Å². The van der Waals surface area contributed by atoms with Gasteiger partial charge in [0.2, 0.25) is 10.0 Å². The van der Waals surface area contributed by atoms with Crippen molar-refractivity contribution in [2.45, 2.75) is 24.5 Å². The zero-order chi connectivity index (χ0) is 18.6. The highest BCUT2D eigenvalue weighted by Gasteiger charge is 2.23. The summed E-state index contributed by atoms with van der Waals surface area (Å²) in [5, 5.41) is 0.392. The molecule has 0 radical (unpaired) electrons. The van der Waals surface area contributed by atoms with Gasteiger partial charge in [-0.25, -0.2) is 12.8 Å². The molecule has 0 amide bonds. The summed E-state index contributed by atoms with van der Waals surface area (Å²) in [6, 6.07) is 8.67. The van der Waals surface area contributed by atoms with Gasteiger partial charge in [0.15, 0.2) is 0 Å². The van der Waals surface area contributed by atoms with Crippen molar-refractivity contribution in [1.29, 1.82) is 0 Å². The van der Waals surface area contributed by atoms with Gasteiger partial charge in [-0.2, -0.15) is 4.72 Å². The van der Waals surface area contributed by atoms with Crippen LogP contribution < -0.4 is 4.72 Å². The minimum atomic E-state index is -3.91. The molecule has 0 saturated carbocycles. The Morgan fingerprint density at radius 1 is 1.28 bits per heavy atom. The van der Waals surface area contributed by atoms with Gasteiger partial charge in [0, 0.05) is 15.1 Å². The van der Waals surface area contributed by atoms with Gasteiger partial charge in [0.1, 0.15) is 18.5 Å². The van der Waals surface area contributed by atoms with E-state index in [2.05, 4.69) is 20.7 Å². The second-order valence-corrected chi connectivity index (χ2v) is 8.21. The smallest absolute Gasteiger partial charge is 0.324 e. The van der Waals surface area contributed by atoms with Crippen molar-refractivity contribution < 1.29 is 22.3 Å². The average molecular weight is 451 g/mol. The lowest BCUT2D eigenvalue weighted by molar-refractivity contribution is -0.146. The molecule has 0 saturated heterocycles. The molecule has 134 valence electrons. The molecule has 0 spiro atoms. The first-order valence-corrected chi connectivity index (χ1v) is 9.73. The highest BCUT2D eigenvalue weighted by atomic mass is 79.9. The standard InChI is InChI=1S/C16H14BrClFNO4S/c1-10(20-25(22,23)14-6-4-13(18)5-7-14)16(21)24-9-11-2-3-12(17)8-15(11)19/h2-8,10,20H,9H2,1H3/t10-/m0/s1. The van der Waals surface area contributed by atoms with Gasteiger partial charge in [-0.05, 0) is 43.3 Å². The fourth-order valence-corrected chi connectivity index (χ4v) is 3.53. The Kier molecular flexibility index (Phi) is 6.56. The summed E-state index contributed by atoms with van der Waals surface area (Å²) >= 11 is 8.84. The SMILES string of the molecule is C[C@H](NS(=O)(=O)c1ccc(Cl)cc1)C(=O)OCc1ccc(Br)cc1F. The number of rotatable bonds is 6. The molecule has 2 aromatic carbocycles. The van der Waals surface area contributed by atoms with Gasteiger partial charge >= 0.3 is 5.97 Å². The number of carbonyl (C=O) groups excluding carboxylic acids is 1. The van der Waals surface area contributed by atoms with Gasteiger partial charge in [-0.3, -0.25) is 4.79 Å². The van der Waals surface area contributed by atoms with Gasteiger partial charge in [-0.1, -0.05) is 33.6 Å². The third-order valence-electron chi connectivity index (χ3n) is 3.19. The third kappa shape index (κ3) is 5.50. The van der Waals surface area contributed by atoms with E-state index in [0.29, 0.717) is 9.50 Å². The molecule has 0 unspecified atom stereocenters. The fraction of sp³-hybridized carbons (Fsp3) is 0.188. The summed E-state index contributed by atoms with van der Waals surface area (Å²) < 4.78 is 45.8. The Morgan fingerprint density at radius 3 is 2.52 bits per heavy atom. The number of hydrogen-bond donors (Lipinski definition) is 1. The second-order valence-electron chi connectivity index (χ2n) is 5.14. The highest BCUT2D eigenvalue weighted by Crippen LogP contribution is 2.17. The number of carbonyl (C=O) groups is 1. The van der Waals surface area contributed by atoms with Crippen LogP contribution in [0.3, 0.4) is 0 Å². The van der Waals surface area contributed by atoms with E-state index in [0.717, 1.165) is 0 Å². The maximum atomic E-state index is 13.7. The minimum Gasteiger partial charge on any atom is -0.460 e. The molecule has 0 heterocycles. The van der Waals surface area contributed by atoms with Gasteiger partial charge in [0.05, 0.1) is 4.90 Å². The molecule has 0 aliphatic heterocycles. The summed E-state index contributed by atoms with van der Waals surface area (Å²) in [6.07, 6.45) is 0. The molecule has 25 heavy (non-hydrogen) atoms. The number of sulfonamides is 1. The predicted molar refractivity (Wildman–Crippen MR) is 95.1 cm³/mol. The molecule has 1 atom stereocenters. The van der Waals surface area contributed by atoms with Crippen LogP contribution in [0.25, 0.3) is 0 Å². The summed E-state index contributed by atoms with van der Waals surface area (Å²) in [5.41, 5.74) is 0.185. The van der Waals surface area contributed by atoms with Crippen LogP contribution >= 0.6 is 27.5 Å². The summed E-state index contributed by atoms with van der Waals surface area (Å²) in [7, 11) is -3.91. The lowest BCUT2D eigenvalue weighted by Gasteiger charge is -2.14. The number of nitrogens with one attached hydrogen (secondary N) is 1. The molecule has 0 fully saturated rings. The number of esters is 1. The Bertz CT molecular complexity index is 874. The van der Waals surface area contributed by atoms with Crippen molar-refractivity contribution in [3.63, 3.8) is 0 Å².